The number of hydrogen-bond acceptors (Lipinski definition) is 4. The molecular formula is C9H21N3O3S. The molecule has 2 N–H and O–H groups in total. The lowest BCUT2D eigenvalue weighted by Crippen LogP contribution is -2.53. The first-order chi connectivity index (χ1) is 7.47. The van der Waals surface area contributed by atoms with Crippen LogP contribution in [0.15, 0.2) is 0 Å². The lowest BCUT2D eigenvalue weighted by Gasteiger charge is -2.32. The van der Waals surface area contributed by atoms with Gasteiger partial charge in [-0.1, -0.05) is 0 Å². The Morgan fingerprint density at radius 3 is 2.75 bits per heavy atom. The van der Waals surface area contributed by atoms with Gasteiger partial charge in [-0.15, -0.1) is 0 Å². The fourth-order valence-corrected chi connectivity index (χ4v) is 2.67. The SMILES string of the molecule is COCC1CNCCC1NS(=O)(=O)N(C)C. The molecular weight excluding hydrogens is 230 g/mol. The minimum Gasteiger partial charge on any atom is -0.384 e. The molecule has 1 fully saturated rings. The fraction of sp³-hybridized carbons (Fsp3) is 1.00. The lowest BCUT2D eigenvalue weighted by atomic mass is 9.95. The van der Waals surface area contributed by atoms with E-state index in [0.29, 0.717) is 6.61 Å². The van der Waals surface area contributed by atoms with E-state index in [0.717, 1.165) is 19.5 Å². The third-order valence-corrected chi connectivity index (χ3v) is 4.33. The molecule has 0 spiro atoms. The lowest BCUT2D eigenvalue weighted by molar-refractivity contribution is 0.121. The van der Waals surface area contributed by atoms with Gasteiger partial charge in [-0.3, -0.25) is 0 Å². The molecule has 6 nitrogen and oxygen atoms in total. The van der Waals surface area contributed by atoms with Gasteiger partial charge in [0.15, 0.2) is 0 Å². The highest BCUT2D eigenvalue weighted by Crippen LogP contribution is 2.13. The Bertz CT molecular complexity index is 303. The Hall–Kier alpha value is -0.210. The van der Waals surface area contributed by atoms with E-state index >= 15 is 0 Å². The number of rotatable bonds is 5. The summed E-state index contributed by atoms with van der Waals surface area (Å²) >= 11 is 0. The molecule has 0 amide bonds. The molecule has 16 heavy (non-hydrogen) atoms. The van der Waals surface area contributed by atoms with Crippen molar-refractivity contribution in [1.82, 2.24) is 14.3 Å². The Kier molecular flexibility index (Phi) is 5.13. The first-order valence-corrected chi connectivity index (χ1v) is 6.81. The van der Waals surface area contributed by atoms with Gasteiger partial charge in [-0.25, -0.2) is 0 Å². The van der Waals surface area contributed by atoms with Gasteiger partial charge >= 0.3 is 0 Å². The predicted octanol–water partition coefficient (Wildman–Crippen LogP) is -0.993. The summed E-state index contributed by atoms with van der Waals surface area (Å²) in [6.07, 6.45) is 0.793. The first kappa shape index (κ1) is 13.9. The van der Waals surface area contributed by atoms with Gasteiger partial charge in [0.1, 0.15) is 0 Å². The van der Waals surface area contributed by atoms with Crippen LogP contribution in [0.4, 0.5) is 0 Å². The smallest absolute Gasteiger partial charge is 0.279 e. The number of methoxy groups -OCH3 is 1. The fourth-order valence-electron chi connectivity index (χ4n) is 1.76. The molecule has 0 aliphatic carbocycles. The molecule has 7 heteroatoms. The van der Waals surface area contributed by atoms with Crippen LogP contribution < -0.4 is 10.0 Å². The molecule has 2 unspecified atom stereocenters. The minimum atomic E-state index is -3.35. The third-order valence-electron chi connectivity index (χ3n) is 2.77. The Labute approximate surface area is 97.5 Å². The number of piperidine rings is 1. The van der Waals surface area contributed by atoms with Crippen molar-refractivity contribution in [2.45, 2.75) is 12.5 Å². The maximum Gasteiger partial charge on any atom is 0.279 e. The maximum absolute atomic E-state index is 11.7. The van der Waals surface area contributed by atoms with Crippen LogP contribution in [0.1, 0.15) is 6.42 Å². The summed E-state index contributed by atoms with van der Waals surface area (Å²) in [4.78, 5) is 0. The predicted molar refractivity (Wildman–Crippen MR) is 62.4 cm³/mol. The second-order valence-corrected chi connectivity index (χ2v) is 6.14. The minimum absolute atomic E-state index is 0.0476. The van der Waals surface area contributed by atoms with Crippen LogP contribution >= 0.6 is 0 Å². The molecule has 0 aromatic carbocycles. The molecule has 0 aromatic rings. The Morgan fingerprint density at radius 2 is 2.19 bits per heavy atom. The average Bonchev–Trinajstić information content (AvgIpc) is 2.20. The van der Waals surface area contributed by atoms with Crippen molar-refractivity contribution in [2.75, 3.05) is 40.9 Å². The van der Waals surface area contributed by atoms with Gasteiger partial charge < -0.3 is 10.1 Å². The van der Waals surface area contributed by atoms with Gasteiger partial charge in [0.2, 0.25) is 0 Å². The molecule has 0 aromatic heterocycles. The molecule has 0 saturated carbocycles. The van der Waals surface area contributed by atoms with E-state index in [2.05, 4.69) is 10.0 Å². The van der Waals surface area contributed by atoms with Gasteiger partial charge in [-0.05, 0) is 13.0 Å². The molecule has 1 heterocycles. The van der Waals surface area contributed by atoms with Crippen molar-refractivity contribution in [1.29, 1.82) is 0 Å². The molecule has 0 bridgehead atoms. The van der Waals surface area contributed by atoms with Gasteiger partial charge in [0, 0.05) is 39.7 Å². The van der Waals surface area contributed by atoms with E-state index in [-0.39, 0.29) is 12.0 Å². The van der Waals surface area contributed by atoms with Crippen LogP contribution in [-0.2, 0) is 14.9 Å². The van der Waals surface area contributed by atoms with Crippen molar-refractivity contribution in [2.24, 2.45) is 5.92 Å². The van der Waals surface area contributed by atoms with Crippen LogP contribution in [0.25, 0.3) is 0 Å². The van der Waals surface area contributed by atoms with Crippen LogP contribution in [0.2, 0.25) is 0 Å². The largest absolute Gasteiger partial charge is 0.384 e. The zero-order chi connectivity index (χ0) is 12.2. The number of hydrogen-bond donors (Lipinski definition) is 2. The van der Waals surface area contributed by atoms with Crippen molar-refractivity contribution < 1.29 is 13.2 Å². The second kappa shape index (κ2) is 5.92. The third kappa shape index (κ3) is 3.67. The second-order valence-electron chi connectivity index (χ2n) is 4.22. The molecule has 1 aliphatic heterocycles. The summed E-state index contributed by atoms with van der Waals surface area (Å²) in [6, 6.07) is -0.0476. The molecule has 1 aliphatic rings. The summed E-state index contributed by atoms with van der Waals surface area (Å²) in [7, 11) is 1.33. The number of ether oxygens (including phenoxy) is 1. The number of nitrogens with one attached hydrogen (secondary N) is 2. The quantitative estimate of drug-likeness (QED) is 0.658. The highest BCUT2D eigenvalue weighted by Gasteiger charge is 2.29. The highest BCUT2D eigenvalue weighted by molar-refractivity contribution is 7.87. The summed E-state index contributed by atoms with van der Waals surface area (Å²) in [5.41, 5.74) is 0. The van der Waals surface area contributed by atoms with Crippen molar-refractivity contribution in [3.63, 3.8) is 0 Å². The van der Waals surface area contributed by atoms with Gasteiger partial charge in [0.25, 0.3) is 10.2 Å². The van der Waals surface area contributed by atoms with E-state index in [1.165, 1.54) is 18.4 Å². The monoisotopic (exact) mass is 251 g/mol. The van der Waals surface area contributed by atoms with Crippen LogP contribution in [-0.4, -0.2) is 59.7 Å². The zero-order valence-electron chi connectivity index (χ0n) is 10.1. The highest BCUT2D eigenvalue weighted by atomic mass is 32.2. The Morgan fingerprint density at radius 1 is 1.50 bits per heavy atom. The summed E-state index contributed by atoms with van der Waals surface area (Å²) in [6.45, 7) is 2.18. The zero-order valence-corrected chi connectivity index (χ0v) is 10.9. The Balaban J connectivity index is 2.62. The normalized spacial score (nSPS) is 27.2. The van der Waals surface area contributed by atoms with E-state index in [1.807, 2.05) is 0 Å². The van der Waals surface area contributed by atoms with Crippen molar-refractivity contribution in [3.05, 3.63) is 0 Å². The first-order valence-electron chi connectivity index (χ1n) is 5.37. The van der Waals surface area contributed by atoms with E-state index in [9.17, 15) is 8.42 Å². The van der Waals surface area contributed by atoms with Crippen LogP contribution in [0, 0.1) is 5.92 Å². The van der Waals surface area contributed by atoms with Gasteiger partial charge in [-0.2, -0.15) is 17.4 Å². The summed E-state index contributed by atoms with van der Waals surface area (Å²) in [5, 5.41) is 3.24. The topological polar surface area (TPSA) is 70.7 Å². The van der Waals surface area contributed by atoms with E-state index in [1.54, 1.807) is 7.11 Å². The van der Waals surface area contributed by atoms with Gasteiger partial charge in [0.05, 0.1) is 6.61 Å². The van der Waals surface area contributed by atoms with Crippen LogP contribution in [0.5, 0.6) is 0 Å². The average molecular weight is 251 g/mol. The van der Waals surface area contributed by atoms with Crippen molar-refractivity contribution in [3.8, 4) is 0 Å². The van der Waals surface area contributed by atoms with Crippen molar-refractivity contribution >= 4 is 10.2 Å². The number of nitrogens with zero attached hydrogens (tertiary/aromatic N) is 1. The van der Waals surface area contributed by atoms with Crippen LogP contribution in [0.3, 0.4) is 0 Å². The molecule has 0 radical (unpaired) electrons. The van der Waals surface area contributed by atoms with E-state index < -0.39 is 10.2 Å². The summed E-state index contributed by atoms with van der Waals surface area (Å²) in [5.74, 6) is 0.188. The molecule has 1 saturated heterocycles. The molecule has 2 atom stereocenters. The maximum atomic E-state index is 11.7. The molecule has 96 valence electrons. The van der Waals surface area contributed by atoms with E-state index in [4.69, 9.17) is 4.74 Å². The molecule has 1 rings (SSSR count). The summed E-state index contributed by atoms with van der Waals surface area (Å²) < 4.78 is 32.4. The standard InChI is InChI=1S/C9H21N3O3S/c1-12(2)16(13,14)11-9-4-5-10-6-8(9)7-15-3/h8-11H,4-7H2,1-3H3.